The fourth-order valence-electron chi connectivity index (χ4n) is 1.74. The first-order valence-corrected chi connectivity index (χ1v) is 5.84. The summed E-state index contributed by atoms with van der Waals surface area (Å²) in [6.45, 7) is 4.14. The van der Waals surface area contributed by atoms with E-state index in [4.69, 9.17) is 17.3 Å². The highest BCUT2D eigenvalue weighted by atomic mass is 35.5. The fourth-order valence-corrected chi connectivity index (χ4v) is 1.97. The zero-order valence-corrected chi connectivity index (χ0v) is 10.6. The molecular weight excluding hydrogens is 234 g/mol. The highest BCUT2D eigenvalue weighted by molar-refractivity contribution is 6.33. The molecule has 0 saturated carbocycles. The second-order valence-electron chi connectivity index (χ2n) is 4.16. The van der Waals surface area contributed by atoms with Crippen LogP contribution in [-0.2, 0) is 0 Å². The number of nitrogens with two attached hydrogens (primary N) is 1. The molecule has 1 aromatic heterocycles. The first-order chi connectivity index (χ1) is 8.09. The molecule has 0 atom stereocenters. The van der Waals surface area contributed by atoms with Crippen molar-refractivity contribution in [2.75, 3.05) is 5.73 Å². The second-order valence-corrected chi connectivity index (χ2v) is 4.57. The van der Waals surface area contributed by atoms with E-state index in [9.17, 15) is 0 Å². The maximum Gasteiger partial charge on any atom is 0.220 e. The first-order valence-electron chi connectivity index (χ1n) is 5.47. The molecule has 17 heavy (non-hydrogen) atoms. The van der Waals surface area contributed by atoms with Crippen LogP contribution in [0, 0.1) is 0 Å². The van der Waals surface area contributed by atoms with Crippen molar-refractivity contribution in [1.82, 2.24) is 9.97 Å². The van der Waals surface area contributed by atoms with E-state index in [0.29, 0.717) is 11.0 Å². The van der Waals surface area contributed by atoms with Gasteiger partial charge in [-0.05, 0) is 12.0 Å². The lowest BCUT2D eigenvalue weighted by molar-refractivity contribution is 0.821. The van der Waals surface area contributed by atoms with Crippen molar-refractivity contribution >= 4 is 17.5 Å². The van der Waals surface area contributed by atoms with Crippen LogP contribution < -0.4 is 5.73 Å². The topological polar surface area (TPSA) is 51.8 Å². The predicted octanol–water partition coefficient (Wildman–Crippen LogP) is 3.50. The molecule has 0 aliphatic heterocycles. The number of aromatic nitrogens is 2. The average molecular weight is 248 g/mol. The quantitative estimate of drug-likeness (QED) is 0.884. The van der Waals surface area contributed by atoms with Crippen molar-refractivity contribution in [1.29, 1.82) is 0 Å². The molecule has 2 rings (SSSR count). The van der Waals surface area contributed by atoms with E-state index in [1.54, 1.807) is 6.20 Å². The summed E-state index contributed by atoms with van der Waals surface area (Å²) in [4.78, 5) is 8.35. The molecule has 0 fully saturated rings. The molecule has 0 saturated heterocycles. The molecule has 1 aromatic carbocycles. The largest absolute Gasteiger partial charge is 0.368 e. The van der Waals surface area contributed by atoms with Gasteiger partial charge >= 0.3 is 0 Å². The van der Waals surface area contributed by atoms with Crippen LogP contribution in [0.3, 0.4) is 0 Å². The Labute approximate surface area is 106 Å². The molecule has 0 amide bonds. The van der Waals surface area contributed by atoms with Gasteiger partial charge in [0.25, 0.3) is 0 Å². The number of hydrogen-bond donors (Lipinski definition) is 1. The Morgan fingerprint density at radius 3 is 2.53 bits per heavy atom. The molecule has 0 bridgehead atoms. The summed E-state index contributed by atoms with van der Waals surface area (Å²) in [5.41, 5.74) is 8.43. The number of nitrogen functional groups attached to an aromatic ring is 1. The van der Waals surface area contributed by atoms with E-state index >= 15 is 0 Å². The number of rotatable bonds is 2. The van der Waals surface area contributed by atoms with Crippen molar-refractivity contribution in [2.24, 2.45) is 0 Å². The zero-order chi connectivity index (χ0) is 12.4. The van der Waals surface area contributed by atoms with Crippen LogP contribution in [0.2, 0.25) is 5.02 Å². The van der Waals surface area contributed by atoms with Gasteiger partial charge in [0.15, 0.2) is 0 Å². The number of anilines is 1. The highest BCUT2D eigenvalue weighted by Crippen LogP contribution is 2.32. The molecule has 3 nitrogen and oxygen atoms in total. The SMILES string of the molecule is CC(C)c1nc(N)ncc1-c1ccccc1Cl. The minimum atomic E-state index is 0.270. The minimum absolute atomic E-state index is 0.270. The third-order valence-electron chi connectivity index (χ3n) is 2.55. The summed E-state index contributed by atoms with van der Waals surface area (Å²) >= 11 is 6.19. The zero-order valence-electron chi connectivity index (χ0n) is 9.81. The average Bonchev–Trinajstić information content (AvgIpc) is 2.30. The van der Waals surface area contributed by atoms with Gasteiger partial charge in [0.2, 0.25) is 5.95 Å². The molecule has 2 aromatic rings. The van der Waals surface area contributed by atoms with Crippen LogP contribution in [-0.4, -0.2) is 9.97 Å². The first kappa shape index (κ1) is 11.9. The number of benzene rings is 1. The van der Waals surface area contributed by atoms with Gasteiger partial charge in [-0.3, -0.25) is 0 Å². The van der Waals surface area contributed by atoms with Crippen molar-refractivity contribution in [3.63, 3.8) is 0 Å². The lowest BCUT2D eigenvalue weighted by Gasteiger charge is -2.12. The van der Waals surface area contributed by atoms with Crippen molar-refractivity contribution in [3.8, 4) is 11.1 Å². The minimum Gasteiger partial charge on any atom is -0.368 e. The third kappa shape index (κ3) is 2.39. The van der Waals surface area contributed by atoms with Crippen LogP contribution in [0.1, 0.15) is 25.5 Å². The van der Waals surface area contributed by atoms with Crippen LogP contribution >= 0.6 is 11.6 Å². The van der Waals surface area contributed by atoms with E-state index < -0.39 is 0 Å². The van der Waals surface area contributed by atoms with Gasteiger partial charge in [0.1, 0.15) is 0 Å². The summed E-state index contributed by atoms with van der Waals surface area (Å²) in [7, 11) is 0. The molecule has 0 aliphatic carbocycles. The predicted molar refractivity (Wildman–Crippen MR) is 71.0 cm³/mol. The Hall–Kier alpha value is -1.61. The Balaban J connectivity index is 2.63. The summed E-state index contributed by atoms with van der Waals surface area (Å²) in [6, 6.07) is 7.67. The van der Waals surface area contributed by atoms with Crippen molar-refractivity contribution in [3.05, 3.63) is 41.2 Å². The molecule has 2 N–H and O–H groups in total. The highest BCUT2D eigenvalue weighted by Gasteiger charge is 2.13. The van der Waals surface area contributed by atoms with E-state index in [1.807, 2.05) is 24.3 Å². The van der Waals surface area contributed by atoms with Gasteiger partial charge in [-0.2, -0.15) is 0 Å². The van der Waals surface area contributed by atoms with E-state index in [2.05, 4.69) is 23.8 Å². The van der Waals surface area contributed by atoms with Gasteiger partial charge in [-0.1, -0.05) is 43.6 Å². The molecule has 0 aliphatic rings. The third-order valence-corrected chi connectivity index (χ3v) is 2.88. The maximum atomic E-state index is 6.19. The van der Waals surface area contributed by atoms with Crippen LogP contribution in [0.25, 0.3) is 11.1 Å². The number of nitrogens with zero attached hydrogens (tertiary/aromatic N) is 2. The van der Waals surface area contributed by atoms with E-state index in [1.165, 1.54) is 0 Å². The van der Waals surface area contributed by atoms with Gasteiger partial charge in [0, 0.05) is 22.3 Å². The Morgan fingerprint density at radius 2 is 1.88 bits per heavy atom. The van der Waals surface area contributed by atoms with Crippen molar-refractivity contribution in [2.45, 2.75) is 19.8 Å². The normalized spacial score (nSPS) is 10.8. The number of halogens is 1. The van der Waals surface area contributed by atoms with Crippen LogP contribution in [0.5, 0.6) is 0 Å². The van der Waals surface area contributed by atoms with Gasteiger partial charge in [-0.25, -0.2) is 9.97 Å². The smallest absolute Gasteiger partial charge is 0.220 e. The van der Waals surface area contributed by atoms with Gasteiger partial charge < -0.3 is 5.73 Å². The van der Waals surface area contributed by atoms with Crippen LogP contribution in [0.15, 0.2) is 30.5 Å². The summed E-state index contributed by atoms with van der Waals surface area (Å²) < 4.78 is 0. The Kier molecular flexibility index (Phi) is 3.29. The molecule has 88 valence electrons. The Bertz CT molecular complexity index is 538. The summed E-state index contributed by atoms with van der Waals surface area (Å²) in [5, 5.41) is 0.697. The molecular formula is C13H14ClN3. The lowest BCUT2D eigenvalue weighted by Crippen LogP contribution is -2.03. The molecule has 1 heterocycles. The molecule has 0 spiro atoms. The number of hydrogen-bond acceptors (Lipinski definition) is 3. The lowest BCUT2D eigenvalue weighted by atomic mass is 9.99. The monoisotopic (exact) mass is 247 g/mol. The van der Waals surface area contributed by atoms with Gasteiger partial charge in [0.05, 0.1) is 5.69 Å². The van der Waals surface area contributed by atoms with Gasteiger partial charge in [-0.15, -0.1) is 0 Å². The summed E-state index contributed by atoms with van der Waals surface area (Å²) in [5.74, 6) is 0.566. The molecule has 0 radical (unpaired) electrons. The fraction of sp³-hybridized carbons (Fsp3) is 0.231. The molecule has 0 unspecified atom stereocenters. The van der Waals surface area contributed by atoms with E-state index in [-0.39, 0.29) is 5.92 Å². The standard InChI is InChI=1S/C13H14ClN3/c1-8(2)12-10(7-16-13(15)17-12)9-5-3-4-6-11(9)14/h3-8H,1-2H3,(H2,15,16,17). The van der Waals surface area contributed by atoms with Crippen LogP contribution in [0.4, 0.5) is 5.95 Å². The maximum absolute atomic E-state index is 6.19. The Morgan fingerprint density at radius 1 is 1.18 bits per heavy atom. The summed E-state index contributed by atoms with van der Waals surface area (Å²) in [6.07, 6.45) is 1.74. The molecule has 4 heteroatoms. The van der Waals surface area contributed by atoms with Crippen molar-refractivity contribution < 1.29 is 0 Å². The van der Waals surface area contributed by atoms with E-state index in [0.717, 1.165) is 16.8 Å². The second kappa shape index (κ2) is 4.72.